The summed E-state index contributed by atoms with van der Waals surface area (Å²) >= 11 is 0. The lowest BCUT2D eigenvalue weighted by Gasteiger charge is -2.33. The van der Waals surface area contributed by atoms with Gasteiger partial charge in [0.05, 0.1) is 13.1 Å². The second-order valence-electron chi connectivity index (χ2n) is 14.1. The van der Waals surface area contributed by atoms with Crippen LogP contribution in [-0.2, 0) is 49.9 Å². The number of alkyl carbamates (subject to hydrolysis) is 1. The summed E-state index contributed by atoms with van der Waals surface area (Å²) in [6.07, 6.45) is -0.668. The van der Waals surface area contributed by atoms with Gasteiger partial charge in [0.2, 0.25) is 23.6 Å². The van der Waals surface area contributed by atoms with Gasteiger partial charge in [0, 0.05) is 62.5 Å². The number of nitrogens with two attached hydrogens (primary N) is 1. The first-order valence-corrected chi connectivity index (χ1v) is 18.8. The van der Waals surface area contributed by atoms with Gasteiger partial charge >= 0.3 is 6.09 Å². The topological polar surface area (TPSA) is 211 Å². The Bertz CT molecular complexity index is 2040. The van der Waals surface area contributed by atoms with E-state index in [0.29, 0.717) is 54.2 Å². The molecule has 296 valence electrons. The Morgan fingerprint density at radius 2 is 1.26 bits per heavy atom. The van der Waals surface area contributed by atoms with Crippen LogP contribution in [0.4, 0.5) is 16.2 Å². The number of fused-ring (bicyclic) bond motifs is 1. The summed E-state index contributed by atoms with van der Waals surface area (Å²) in [5.41, 5.74) is 10.2. The van der Waals surface area contributed by atoms with Crippen LogP contribution in [0.5, 0.6) is 0 Å². The van der Waals surface area contributed by atoms with Crippen molar-refractivity contribution in [3.05, 3.63) is 131 Å². The minimum absolute atomic E-state index is 0.0139. The zero-order valence-corrected chi connectivity index (χ0v) is 31.5. The maximum absolute atomic E-state index is 14.1. The summed E-state index contributed by atoms with van der Waals surface area (Å²) < 4.78 is 5.46. The quantitative estimate of drug-likeness (QED) is 0.108. The maximum Gasteiger partial charge on any atom is 0.408 e. The van der Waals surface area contributed by atoms with Gasteiger partial charge in [0.1, 0.15) is 24.5 Å². The van der Waals surface area contributed by atoms with Crippen LogP contribution < -0.4 is 32.3 Å². The standard InChI is InChI=1S/C42H47N9O6/c43-39(44)32-12-6-30(7-13-32)24-45-40(54)35-22-28-8-14-33(15-9-28)46-37(52)25-50-18-20-51(21-19-50)26-38(53)47-34-16-10-29(11-17-34)23-36(41(55)48-35)49-42(56)57-27-31-4-2-1-3-5-31/h1-17,35-36H,18-27H2,(H3,43,44)(H,45,54)(H,46,52)(H,47,53)(H,48,55)(H,49,56)/t35-,36+/m0/s1. The molecule has 15 nitrogen and oxygen atoms in total. The maximum atomic E-state index is 14.1. The summed E-state index contributed by atoms with van der Waals surface area (Å²) in [4.78, 5) is 71.0. The minimum Gasteiger partial charge on any atom is -0.445 e. The van der Waals surface area contributed by atoms with E-state index in [1.807, 2.05) is 40.1 Å². The van der Waals surface area contributed by atoms with E-state index in [1.54, 1.807) is 72.8 Å². The number of ether oxygens (including phenoxy) is 1. The van der Waals surface area contributed by atoms with E-state index >= 15 is 0 Å². The molecule has 5 amide bonds. The van der Waals surface area contributed by atoms with Gasteiger partial charge in [0.25, 0.3) is 0 Å². The van der Waals surface area contributed by atoms with Crippen LogP contribution in [0.3, 0.4) is 0 Å². The van der Waals surface area contributed by atoms with Crippen LogP contribution in [-0.4, -0.2) is 96.7 Å². The Balaban J connectivity index is 1.24. The lowest BCUT2D eigenvalue weighted by molar-refractivity contribution is -0.130. The van der Waals surface area contributed by atoms with Gasteiger partial charge in [-0.3, -0.25) is 34.4 Å². The van der Waals surface area contributed by atoms with Crippen LogP contribution in [0.15, 0.2) is 103 Å². The third kappa shape index (κ3) is 12.2. The number of nitrogen functional groups attached to an aromatic ring is 1. The molecule has 4 aromatic rings. The Morgan fingerprint density at radius 3 is 1.81 bits per heavy atom. The molecule has 0 radical (unpaired) electrons. The van der Waals surface area contributed by atoms with Gasteiger partial charge in [-0.05, 0) is 46.5 Å². The van der Waals surface area contributed by atoms with Gasteiger partial charge < -0.3 is 37.1 Å². The third-order valence-corrected chi connectivity index (χ3v) is 9.74. The monoisotopic (exact) mass is 773 g/mol. The van der Waals surface area contributed by atoms with Crippen LogP contribution in [0.25, 0.3) is 0 Å². The average Bonchev–Trinajstić information content (AvgIpc) is 3.21. The SMILES string of the molecule is N=C(N)c1ccc(CNC(=O)[C@@H]2Cc3ccc(cc3)NC(=O)CN3CCN(CC3)CC(=O)Nc3ccc(cc3)C[C@@H](NC(=O)OCc3ccccc3)C(=O)N2)cc1. The van der Waals surface area contributed by atoms with Crippen molar-refractivity contribution in [3.63, 3.8) is 0 Å². The highest BCUT2D eigenvalue weighted by molar-refractivity contribution is 5.95. The highest BCUT2D eigenvalue weighted by Crippen LogP contribution is 2.16. The molecule has 8 N–H and O–H groups in total. The number of carbonyl (C=O) groups excluding carboxylic acids is 5. The largest absolute Gasteiger partial charge is 0.445 e. The molecular weight excluding hydrogens is 727 g/mol. The molecule has 6 heterocycles. The van der Waals surface area contributed by atoms with E-state index in [1.165, 1.54) is 0 Å². The normalized spacial score (nSPS) is 20.3. The van der Waals surface area contributed by atoms with Crippen LogP contribution in [0.2, 0.25) is 0 Å². The molecule has 0 aromatic heterocycles. The fourth-order valence-corrected chi connectivity index (χ4v) is 6.54. The highest BCUT2D eigenvalue weighted by Gasteiger charge is 2.28. The molecule has 57 heavy (non-hydrogen) atoms. The molecule has 1 fully saturated rings. The number of amidine groups is 1. The van der Waals surface area contributed by atoms with Crippen molar-refractivity contribution in [2.45, 2.75) is 38.1 Å². The van der Waals surface area contributed by atoms with Crippen molar-refractivity contribution in [2.75, 3.05) is 49.9 Å². The minimum atomic E-state index is -1.15. The molecule has 2 atom stereocenters. The first-order valence-electron chi connectivity index (χ1n) is 18.8. The van der Waals surface area contributed by atoms with Crippen molar-refractivity contribution in [1.82, 2.24) is 25.8 Å². The molecule has 0 unspecified atom stereocenters. The molecule has 0 spiro atoms. The van der Waals surface area contributed by atoms with E-state index in [-0.39, 0.29) is 56.7 Å². The first-order chi connectivity index (χ1) is 27.6. The van der Waals surface area contributed by atoms with Gasteiger partial charge in [-0.25, -0.2) is 4.79 Å². The molecular formula is C42H47N9O6. The Kier molecular flexibility index (Phi) is 13.6. The Labute approximate surface area is 330 Å². The molecule has 10 rings (SSSR count). The summed E-state index contributed by atoms with van der Waals surface area (Å²) in [6.45, 7) is 3.09. The van der Waals surface area contributed by atoms with Crippen LogP contribution in [0, 0.1) is 5.41 Å². The highest BCUT2D eigenvalue weighted by atomic mass is 16.5. The lowest BCUT2D eigenvalue weighted by atomic mass is 10.0. The van der Waals surface area contributed by atoms with Gasteiger partial charge in [0.15, 0.2) is 0 Å². The predicted molar refractivity (Wildman–Crippen MR) is 215 cm³/mol. The number of piperazine rings is 1. The zero-order valence-electron chi connectivity index (χ0n) is 31.5. The number of benzene rings is 4. The molecule has 6 aliphatic rings. The second kappa shape index (κ2) is 19.3. The number of carbonyl (C=O) groups is 5. The van der Waals surface area contributed by atoms with Gasteiger partial charge in [-0.1, -0.05) is 78.9 Å². The number of nitrogens with zero attached hydrogens (tertiary/aromatic N) is 2. The Morgan fingerprint density at radius 1 is 0.719 bits per heavy atom. The third-order valence-electron chi connectivity index (χ3n) is 9.74. The fraction of sp³-hybridized carbons (Fsp3) is 0.286. The molecule has 4 aromatic carbocycles. The number of hydrogen-bond acceptors (Lipinski definition) is 9. The number of nitrogens with one attached hydrogen (secondary N) is 6. The van der Waals surface area contributed by atoms with Crippen molar-refractivity contribution in [3.8, 4) is 0 Å². The zero-order chi connectivity index (χ0) is 40.1. The van der Waals surface area contributed by atoms with E-state index < -0.39 is 30.0 Å². The van der Waals surface area contributed by atoms with Crippen LogP contribution in [0.1, 0.15) is 27.8 Å². The lowest BCUT2D eigenvalue weighted by Crippen LogP contribution is -2.55. The number of amides is 5. The molecule has 0 saturated carbocycles. The summed E-state index contributed by atoms with van der Waals surface area (Å²) in [7, 11) is 0. The number of hydrogen-bond donors (Lipinski definition) is 7. The van der Waals surface area contributed by atoms with Crippen molar-refractivity contribution in [1.29, 1.82) is 5.41 Å². The number of rotatable bonds is 7. The molecule has 6 bridgehead atoms. The Hall–Kier alpha value is -6.58. The van der Waals surface area contributed by atoms with E-state index in [9.17, 15) is 24.0 Å². The molecule has 0 aliphatic carbocycles. The van der Waals surface area contributed by atoms with Crippen molar-refractivity contribution < 1.29 is 28.7 Å². The van der Waals surface area contributed by atoms with E-state index in [4.69, 9.17) is 15.9 Å². The summed E-state index contributed by atoms with van der Waals surface area (Å²) in [5, 5.41) is 21.9. The molecule has 15 heteroatoms. The van der Waals surface area contributed by atoms with E-state index in [0.717, 1.165) is 11.1 Å². The average molecular weight is 774 g/mol. The first kappa shape index (κ1) is 40.1. The number of anilines is 2. The molecule has 1 saturated heterocycles. The van der Waals surface area contributed by atoms with E-state index in [2.05, 4.69) is 26.6 Å². The second-order valence-corrected chi connectivity index (χ2v) is 14.1. The summed E-state index contributed by atoms with van der Waals surface area (Å²) in [6, 6.07) is 27.8. The molecule has 6 aliphatic heterocycles. The van der Waals surface area contributed by atoms with Gasteiger partial charge in [-0.2, -0.15) is 0 Å². The predicted octanol–water partition coefficient (Wildman–Crippen LogP) is 2.36. The van der Waals surface area contributed by atoms with Crippen LogP contribution >= 0.6 is 0 Å². The van der Waals surface area contributed by atoms with Gasteiger partial charge in [-0.15, -0.1) is 0 Å². The fourth-order valence-electron chi connectivity index (χ4n) is 6.54. The smallest absolute Gasteiger partial charge is 0.408 e. The van der Waals surface area contributed by atoms with Crippen molar-refractivity contribution >= 4 is 46.9 Å². The van der Waals surface area contributed by atoms with Crippen molar-refractivity contribution in [2.24, 2.45) is 5.73 Å². The summed E-state index contributed by atoms with van der Waals surface area (Å²) in [5.74, 6) is -1.51.